The van der Waals surface area contributed by atoms with Gasteiger partial charge in [0.25, 0.3) is 0 Å². The quantitative estimate of drug-likeness (QED) is 0.771. The first-order valence-electron chi connectivity index (χ1n) is 7.10. The molecule has 1 aliphatic rings. The van der Waals surface area contributed by atoms with Gasteiger partial charge in [0.1, 0.15) is 5.82 Å². The van der Waals surface area contributed by atoms with Crippen molar-refractivity contribution in [1.82, 2.24) is 10.6 Å². The third kappa shape index (κ3) is 4.41. The fraction of sp³-hybridized carbons (Fsp3) is 0.533. The van der Waals surface area contributed by atoms with Crippen LogP contribution in [0.2, 0.25) is 0 Å². The van der Waals surface area contributed by atoms with Crippen LogP contribution in [0.25, 0.3) is 0 Å². The molecule has 0 saturated carbocycles. The molecular formula is C15H21FN2O3. The maximum Gasteiger partial charge on any atom is 0.315 e. The molecule has 0 fully saturated rings. The number of rotatable bonds is 5. The van der Waals surface area contributed by atoms with Crippen molar-refractivity contribution in [3.63, 3.8) is 0 Å². The Kier molecular flexibility index (Phi) is 5.52. The topological polar surface area (TPSA) is 70.6 Å². The van der Waals surface area contributed by atoms with Crippen LogP contribution < -0.4 is 10.6 Å². The molecule has 2 rings (SSSR count). The second-order valence-corrected chi connectivity index (χ2v) is 5.25. The van der Waals surface area contributed by atoms with E-state index in [1.807, 2.05) is 0 Å². The highest BCUT2D eigenvalue weighted by Crippen LogP contribution is 2.29. The number of nitrogens with one attached hydrogen (secondary N) is 2. The van der Waals surface area contributed by atoms with Crippen molar-refractivity contribution in [3.05, 3.63) is 35.1 Å². The molecule has 1 aliphatic carbocycles. The van der Waals surface area contributed by atoms with Gasteiger partial charge in [0.05, 0.1) is 18.8 Å². The number of aliphatic hydroxyl groups excluding tert-OH is 1. The molecule has 2 unspecified atom stereocenters. The van der Waals surface area contributed by atoms with Crippen LogP contribution in [0.3, 0.4) is 0 Å². The van der Waals surface area contributed by atoms with E-state index >= 15 is 0 Å². The van der Waals surface area contributed by atoms with Crippen LogP contribution in [-0.4, -0.2) is 37.5 Å². The number of halogens is 1. The molecule has 6 heteroatoms. The lowest BCUT2D eigenvalue weighted by molar-refractivity contribution is 0.0659. The Morgan fingerprint density at radius 1 is 1.57 bits per heavy atom. The van der Waals surface area contributed by atoms with Crippen molar-refractivity contribution < 1.29 is 19.0 Å². The first kappa shape index (κ1) is 15.7. The predicted octanol–water partition coefficient (Wildman–Crippen LogP) is 1.51. The Balaban J connectivity index is 1.91. The van der Waals surface area contributed by atoms with E-state index in [-0.39, 0.29) is 31.0 Å². The van der Waals surface area contributed by atoms with E-state index in [0.29, 0.717) is 0 Å². The van der Waals surface area contributed by atoms with E-state index in [1.165, 1.54) is 19.2 Å². The molecule has 21 heavy (non-hydrogen) atoms. The lowest BCUT2D eigenvalue weighted by Gasteiger charge is -2.26. The van der Waals surface area contributed by atoms with Gasteiger partial charge in [-0.05, 0) is 42.5 Å². The standard InChI is InChI=1S/C15H21FN2O3/c1-21-9-12(19)8-17-15(20)18-14-4-2-3-10-7-11(16)5-6-13(10)14/h5-7,12,14,19H,2-4,8-9H2,1H3,(H2,17,18,20). The predicted molar refractivity (Wildman–Crippen MR) is 76.5 cm³/mol. The normalized spacial score (nSPS) is 18.7. The number of hydrogen-bond acceptors (Lipinski definition) is 3. The van der Waals surface area contributed by atoms with Gasteiger partial charge >= 0.3 is 6.03 Å². The number of aryl methyl sites for hydroxylation is 1. The summed E-state index contributed by atoms with van der Waals surface area (Å²) in [5, 5.41) is 15.0. The van der Waals surface area contributed by atoms with Gasteiger partial charge in [0, 0.05) is 13.7 Å². The third-order valence-corrected chi connectivity index (χ3v) is 3.58. The van der Waals surface area contributed by atoms with Crippen LogP contribution in [0.4, 0.5) is 9.18 Å². The Labute approximate surface area is 123 Å². The van der Waals surface area contributed by atoms with Crippen LogP contribution in [0.15, 0.2) is 18.2 Å². The summed E-state index contributed by atoms with van der Waals surface area (Å²) in [6.45, 7) is 0.300. The molecule has 0 spiro atoms. The second kappa shape index (κ2) is 7.38. The number of hydrogen-bond donors (Lipinski definition) is 3. The number of carbonyl (C=O) groups is 1. The second-order valence-electron chi connectivity index (χ2n) is 5.25. The molecule has 1 aromatic rings. The minimum Gasteiger partial charge on any atom is -0.389 e. The number of ether oxygens (including phenoxy) is 1. The molecule has 0 saturated heterocycles. The monoisotopic (exact) mass is 296 g/mol. The molecule has 0 aromatic heterocycles. The first-order chi connectivity index (χ1) is 10.1. The van der Waals surface area contributed by atoms with E-state index < -0.39 is 6.10 Å². The summed E-state index contributed by atoms with van der Waals surface area (Å²) >= 11 is 0. The largest absolute Gasteiger partial charge is 0.389 e. The van der Waals surface area contributed by atoms with E-state index in [2.05, 4.69) is 10.6 Å². The highest BCUT2D eigenvalue weighted by atomic mass is 19.1. The number of benzene rings is 1. The molecule has 2 atom stereocenters. The van der Waals surface area contributed by atoms with Gasteiger partial charge in [-0.15, -0.1) is 0 Å². The number of methoxy groups -OCH3 is 1. The highest BCUT2D eigenvalue weighted by Gasteiger charge is 2.22. The van der Waals surface area contributed by atoms with Crippen molar-refractivity contribution in [2.24, 2.45) is 0 Å². The van der Waals surface area contributed by atoms with Gasteiger partial charge in [-0.3, -0.25) is 0 Å². The number of aliphatic hydroxyl groups is 1. The van der Waals surface area contributed by atoms with Crippen LogP contribution in [-0.2, 0) is 11.2 Å². The molecule has 3 N–H and O–H groups in total. The fourth-order valence-corrected chi connectivity index (χ4v) is 2.60. The van der Waals surface area contributed by atoms with Crippen LogP contribution in [0.1, 0.15) is 30.0 Å². The summed E-state index contributed by atoms with van der Waals surface area (Å²) in [6, 6.07) is 4.22. The first-order valence-corrected chi connectivity index (χ1v) is 7.10. The maximum absolute atomic E-state index is 13.2. The maximum atomic E-state index is 13.2. The Morgan fingerprint density at radius 3 is 3.14 bits per heavy atom. The van der Waals surface area contributed by atoms with Crippen LogP contribution >= 0.6 is 0 Å². The number of fused-ring (bicyclic) bond motifs is 1. The number of urea groups is 1. The summed E-state index contributed by atoms with van der Waals surface area (Å²) in [5.74, 6) is -0.249. The number of amides is 2. The van der Waals surface area contributed by atoms with E-state index in [0.717, 1.165) is 30.4 Å². The van der Waals surface area contributed by atoms with Crippen molar-refractivity contribution in [1.29, 1.82) is 0 Å². The Morgan fingerprint density at radius 2 is 2.38 bits per heavy atom. The van der Waals surface area contributed by atoms with Crippen molar-refractivity contribution in [2.45, 2.75) is 31.4 Å². The van der Waals surface area contributed by atoms with E-state index in [1.54, 1.807) is 6.07 Å². The zero-order valence-electron chi connectivity index (χ0n) is 12.1. The van der Waals surface area contributed by atoms with Crippen molar-refractivity contribution in [3.8, 4) is 0 Å². The van der Waals surface area contributed by atoms with Gasteiger partial charge in [0.2, 0.25) is 0 Å². The highest BCUT2D eigenvalue weighted by molar-refractivity contribution is 5.74. The zero-order chi connectivity index (χ0) is 15.2. The average Bonchev–Trinajstić information content (AvgIpc) is 2.45. The third-order valence-electron chi connectivity index (χ3n) is 3.58. The smallest absolute Gasteiger partial charge is 0.315 e. The summed E-state index contributed by atoms with van der Waals surface area (Å²) in [4.78, 5) is 11.8. The molecule has 0 bridgehead atoms. The minimum absolute atomic E-state index is 0.117. The SMILES string of the molecule is COCC(O)CNC(=O)NC1CCCc2cc(F)ccc21. The van der Waals surface area contributed by atoms with E-state index in [4.69, 9.17) is 4.74 Å². The summed E-state index contributed by atoms with van der Waals surface area (Å²) in [7, 11) is 1.49. The molecule has 0 radical (unpaired) electrons. The fourth-order valence-electron chi connectivity index (χ4n) is 2.60. The molecule has 116 valence electrons. The lowest BCUT2D eigenvalue weighted by atomic mass is 9.88. The van der Waals surface area contributed by atoms with Gasteiger partial charge in [0.15, 0.2) is 0 Å². The molecule has 0 heterocycles. The lowest BCUT2D eigenvalue weighted by Crippen LogP contribution is -2.43. The van der Waals surface area contributed by atoms with Crippen molar-refractivity contribution >= 4 is 6.03 Å². The molecule has 0 aliphatic heterocycles. The zero-order valence-corrected chi connectivity index (χ0v) is 12.1. The van der Waals surface area contributed by atoms with Crippen LogP contribution in [0, 0.1) is 5.82 Å². The van der Waals surface area contributed by atoms with Crippen molar-refractivity contribution in [2.75, 3.05) is 20.3 Å². The van der Waals surface area contributed by atoms with Gasteiger partial charge in [-0.2, -0.15) is 0 Å². The van der Waals surface area contributed by atoms with Gasteiger partial charge in [-0.1, -0.05) is 6.07 Å². The Hall–Kier alpha value is -1.66. The minimum atomic E-state index is -0.728. The average molecular weight is 296 g/mol. The summed E-state index contributed by atoms with van der Waals surface area (Å²) in [6.07, 6.45) is 1.84. The Bertz CT molecular complexity index is 496. The van der Waals surface area contributed by atoms with E-state index in [9.17, 15) is 14.3 Å². The molecular weight excluding hydrogens is 275 g/mol. The summed E-state index contributed by atoms with van der Waals surface area (Å²) in [5.41, 5.74) is 1.92. The van der Waals surface area contributed by atoms with Gasteiger partial charge < -0.3 is 20.5 Å². The van der Waals surface area contributed by atoms with Gasteiger partial charge in [-0.25, -0.2) is 9.18 Å². The molecule has 5 nitrogen and oxygen atoms in total. The molecule has 2 amide bonds. The number of carbonyl (C=O) groups excluding carboxylic acids is 1. The van der Waals surface area contributed by atoms with Crippen LogP contribution in [0.5, 0.6) is 0 Å². The summed E-state index contributed by atoms with van der Waals surface area (Å²) < 4.78 is 18.0. The molecule has 1 aromatic carbocycles.